The van der Waals surface area contributed by atoms with Crippen LogP contribution in [0.4, 0.5) is 0 Å². The predicted octanol–water partition coefficient (Wildman–Crippen LogP) is 1.41. The zero-order valence-corrected chi connectivity index (χ0v) is 8.70. The van der Waals surface area contributed by atoms with Crippen LogP contribution in [0.2, 0.25) is 0 Å². The number of hydrogen-bond acceptors (Lipinski definition) is 4. The molecule has 0 amide bonds. The average Bonchev–Trinajstić information content (AvgIpc) is 2.39. The van der Waals surface area contributed by atoms with Crippen molar-refractivity contribution in [1.29, 1.82) is 0 Å². The second-order valence-electron chi connectivity index (χ2n) is 3.25. The van der Waals surface area contributed by atoms with Gasteiger partial charge >= 0.3 is 5.97 Å². The molecule has 1 aromatic heterocycles. The SMILES string of the molecule is O=C(O)c1nccnc1C(=O)c1ccccc1. The Morgan fingerprint density at radius 2 is 1.53 bits per heavy atom. The highest BCUT2D eigenvalue weighted by Crippen LogP contribution is 2.10. The first-order valence-corrected chi connectivity index (χ1v) is 4.84. The molecule has 0 aliphatic carbocycles. The van der Waals surface area contributed by atoms with Gasteiger partial charge < -0.3 is 5.11 Å². The van der Waals surface area contributed by atoms with Crippen molar-refractivity contribution in [1.82, 2.24) is 9.97 Å². The van der Waals surface area contributed by atoms with Gasteiger partial charge in [0.15, 0.2) is 5.69 Å². The number of hydrogen-bond donors (Lipinski definition) is 1. The van der Waals surface area contributed by atoms with Gasteiger partial charge in [0.05, 0.1) is 0 Å². The molecule has 0 spiro atoms. The number of benzene rings is 1. The average molecular weight is 228 g/mol. The molecule has 84 valence electrons. The molecular weight excluding hydrogens is 220 g/mol. The van der Waals surface area contributed by atoms with Gasteiger partial charge in [-0.15, -0.1) is 0 Å². The molecule has 0 saturated carbocycles. The molecule has 1 N–H and O–H groups in total. The Morgan fingerprint density at radius 1 is 0.941 bits per heavy atom. The highest BCUT2D eigenvalue weighted by Gasteiger charge is 2.20. The molecule has 0 aliphatic heterocycles. The van der Waals surface area contributed by atoms with E-state index in [4.69, 9.17) is 5.11 Å². The number of aromatic nitrogens is 2. The quantitative estimate of drug-likeness (QED) is 0.803. The smallest absolute Gasteiger partial charge is 0.356 e. The molecule has 0 fully saturated rings. The van der Waals surface area contributed by atoms with Crippen LogP contribution in [0.1, 0.15) is 26.5 Å². The van der Waals surface area contributed by atoms with Gasteiger partial charge in [-0.3, -0.25) is 4.79 Å². The molecule has 1 aromatic carbocycles. The van der Waals surface area contributed by atoms with Crippen LogP contribution in [0, 0.1) is 0 Å². The zero-order chi connectivity index (χ0) is 12.3. The standard InChI is InChI=1S/C12H8N2O3/c15-11(8-4-2-1-3-5-8)9-10(12(16)17)14-7-6-13-9/h1-7H,(H,16,17). The minimum Gasteiger partial charge on any atom is -0.476 e. The van der Waals surface area contributed by atoms with Crippen LogP contribution in [0.5, 0.6) is 0 Å². The Hall–Kier alpha value is -2.56. The second kappa shape index (κ2) is 4.52. The summed E-state index contributed by atoms with van der Waals surface area (Å²) < 4.78 is 0. The van der Waals surface area contributed by atoms with Crippen LogP contribution in [-0.2, 0) is 0 Å². The summed E-state index contributed by atoms with van der Waals surface area (Å²) in [7, 11) is 0. The molecular formula is C12H8N2O3. The summed E-state index contributed by atoms with van der Waals surface area (Å²) in [4.78, 5) is 30.3. The first kappa shape index (κ1) is 10.9. The van der Waals surface area contributed by atoms with E-state index in [1.807, 2.05) is 0 Å². The van der Waals surface area contributed by atoms with E-state index in [1.165, 1.54) is 12.4 Å². The summed E-state index contributed by atoms with van der Waals surface area (Å²) in [5, 5.41) is 8.91. The lowest BCUT2D eigenvalue weighted by Gasteiger charge is -2.02. The number of ketones is 1. The highest BCUT2D eigenvalue weighted by molar-refractivity contribution is 6.12. The van der Waals surface area contributed by atoms with Gasteiger partial charge in [0.25, 0.3) is 0 Å². The number of carbonyl (C=O) groups is 2. The lowest BCUT2D eigenvalue weighted by atomic mass is 10.1. The van der Waals surface area contributed by atoms with Crippen molar-refractivity contribution in [3.8, 4) is 0 Å². The number of rotatable bonds is 3. The Morgan fingerprint density at radius 3 is 2.12 bits per heavy atom. The number of nitrogens with zero attached hydrogens (tertiary/aromatic N) is 2. The number of aromatic carboxylic acids is 1. The van der Waals surface area contributed by atoms with E-state index in [1.54, 1.807) is 30.3 Å². The van der Waals surface area contributed by atoms with Crippen LogP contribution in [0.3, 0.4) is 0 Å². The van der Waals surface area contributed by atoms with E-state index in [-0.39, 0.29) is 11.4 Å². The molecule has 1 heterocycles. The number of carboxylic acids is 1. The second-order valence-corrected chi connectivity index (χ2v) is 3.25. The van der Waals surface area contributed by atoms with Crippen molar-refractivity contribution in [2.45, 2.75) is 0 Å². The van der Waals surface area contributed by atoms with E-state index in [0.717, 1.165) is 0 Å². The molecule has 2 rings (SSSR count). The molecule has 0 aliphatic rings. The third-order valence-electron chi connectivity index (χ3n) is 2.15. The third-order valence-corrected chi connectivity index (χ3v) is 2.15. The number of carboxylic acid groups (broad SMARTS) is 1. The Bertz CT molecular complexity index is 567. The van der Waals surface area contributed by atoms with Crippen LogP contribution >= 0.6 is 0 Å². The van der Waals surface area contributed by atoms with Crippen LogP contribution in [0.15, 0.2) is 42.7 Å². The fourth-order valence-electron chi connectivity index (χ4n) is 1.39. The van der Waals surface area contributed by atoms with Crippen molar-refractivity contribution in [3.63, 3.8) is 0 Å². The maximum atomic E-state index is 12.0. The fraction of sp³-hybridized carbons (Fsp3) is 0. The summed E-state index contributed by atoms with van der Waals surface area (Å²) in [6.07, 6.45) is 2.54. The molecule has 0 atom stereocenters. The van der Waals surface area contributed by atoms with Crippen LogP contribution < -0.4 is 0 Å². The first-order valence-electron chi connectivity index (χ1n) is 4.84. The van der Waals surface area contributed by atoms with Crippen LogP contribution in [0.25, 0.3) is 0 Å². The molecule has 2 aromatic rings. The van der Waals surface area contributed by atoms with Crippen LogP contribution in [-0.4, -0.2) is 26.8 Å². The van der Waals surface area contributed by atoms with Gasteiger partial charge in [-0.05, 0) is 0 Å². The first-order chi connectivity index (χ1) is 8.20. The van der Waals surface area contributed by atoms with Gasteiger partial charge in [0.1, 0.15) is 5.69 Å². The van der Waals surface area contributed by atoms with Gasteiger partial charge in [0.2, 0.25) is 5.78 Å². The van der Waals surface area contributed by atoms with Gasteiger partial charge in [-0.2, -0.15) is 0 Å². The van der Waals surface area contributed by atoms with Crippen molar-refractivity contribution in [2.24, 2.45) is 0 Å². The third kappa shape index (κ3) is 2.17. The van der Waals surface area contributed by atoms with Gasteiger partial charge in [-0.25, -0.2) is 14.8 Å². The molecule has 5 heteroatoms. The van der Waals surface area contributed by atoms with E-state index in [2.05, 4.69) is 9.97 Å². The van der Waals surface area contributed by atoms with E-state index in [9.17, 15) is 9.59 Å². The molecule has 0 bridgehead atoms. The van der Waals surface area contributed by atoms with Crippen molar-refractivity contribution >= 4 is 11.8 Å². The monoisotopic (exact) mass is 228 g/mol. The van der Waals surface area contributed by atoms with Crippen molar-refractivity contribution < 1.29 is 14.7 Å². The maximum absolute atomic E-state index is 12.0. The maximum Gasteiger partial charge on any atom is 0.356 e. The molecule has 0 unspecified atom stereocenters. The lowest BCUT2D eigenvalue weighted by molar-refractivity contribution is 0.0685. The fourth-order valence-corrected chi connectivity index (χ4v) is 1.39. The molecule has 0 saturated heterocycles. The predicted molar refractivity (Wildman–Crippen MR) is 58.9 cm³/mol. The molecule has 0 radical (unpaired) electrons. The lowest BCUT2D eigenvalue weighted by Crippen LogP contribution is -2.13. The van der Waals surface area contributed by atoms with Crippen molar-refractivity contribution in [3.05, 3.63) is 59.7 Å². The van der Waals surface area contributed by atoms with Gasteiger partial charge in [-0.1, -0.05) is 30.3 Å². The Balaban J connectivity index is 2.48. The molecule has 17 heavy (non-hydrogen) atoms. The summed E-state index contributed by atoms with van der Waals surface area (Å²) in [6.45, 7) is 0. The summed E-state index contributed by atoms with van der Waals surface area (Å²) in [5.41, 5.74) is -0.0944. The van der Waals surface area contributed by atoms with Gasteiger partial charge in [0, 0.05) is 18.0 Å². The van der Waals surface area contributed by atoms with Crippen molar-refractivity contribution in [2.75, 3.05) is 0 Å². The van der Waals surface area contributed by atoms with E-state index in [0.29, 0.717) is 5.56 Å². The minimum absolute atomic E-state index is 0.147. The zero-order valence-electron chi connectivity index (χ0n) is 8.70. The molecule has 5 nitrogen and oxygen atoms in total. The normalized spacial score (nSPS) is 9.88. The minimum atomic E-state index is -1.27. The highest BCUT2D eigenvalue weighted by atomic mass is 16.4. The Labute approximate surface area is 96.8 Å². The summed E-state index contributed by atoms with van der Waals surface area (Å²) in [5.74, 6) is -1.71. The topological polar surface area (TPSA) is 80.2 Å². The summed E-state index contributed by atoms with van der Waals surface area (Å²) in [6, 6.07) is 8.37. The largest absolute Gasteiger partial charge is 0.476 e. The van der Waals surface area contributed by atoms with E-state index < -0.39 is 11.8 Å². The Kier molecular flexibility index (Phi) is 2.91. The van der Waals surface area contributed by atoms with E-state index >= 15 is 0 Å². The number of carbonyl (C=O) groups excluding carboxylic acids is 1. The summed E-state index contributed by atoms with van der Waals surface area (Å²) >= 11 is 0.